The number of ketones is 1. The van der Waals surface area contributed by atoms with Crippen LogP contribution >= 0.6 is 0 Å². The van der Waals surface area contributed by atoms with Gasteiger partial charge in [-0.3, -0.25) is 9.59 Å². The van der Waals surface area contributed by atoms with Gasteiger partial charge in [-0.2, -0.15) is 0 Å². The molecule has 132 valence electrons. The third-order valence-corrected chi connectivity index (χ3v) is 4.56. The van der Waals surface area contributed by atoms with Gasteiger partial charge in [-0.1, -0.05) is 44.8 Å². The fourth-order valence-electron chi connectivity index (χ4n) is 3.20. The van der Waals surface area contributed by atoms with Crippen molar-refractivity contribution in [3.8, 4) is 0 Å². The molecule has 0 aliphatic heterocycles. The van der Waals surface area contributed by atoms with E-state index < -0.39 is 18.2 Å². The van der Waals surface area contributed by atoms with Crippen LogP contribution in [-0.2, 0) is 9.59 Å². The van der Waals surface area contributed by atoms with Crippen LogP contribution < -0.4 is 0 Å². The van der Waals surface area contributed by atoms with Crippen LogP contribution in [0.5, 0.6) is 0 Å². The van der Waals surface area contributed by atoms with Crippen LogP contribution in [0.15, 0.2) is 12.2 Å². The number of allylic oxidation sites excluding steroid dienone is 1. The fourth-order valence-corrected chi connectivity index (χ4v) is 3.20. The van der Waals surface area contributed by atoms with Gasteiger partial charge in [0.2, 0.25) is 0 Å². The molecule has 0 heterocycles. The molecule has 0 saturated heterocycles. The molecule has 0 unspecified atom stereocenters. The molecule has 1 aliphatic rings. The van der Waals surface area contributed by atoms with E-state index in [2.05, 4.69) is 6.92 Å². The first-order chi connectivity index (χ1) is 11.0. The third kappa shape index (κ3) is 7.27. The highest BCUT2D eigenvalue weighted by atomic mass is 16.4. The van der Waals surface area contributed by atoms with Crippen molar-refractivity contribution in [3.05, 3.63) is 12.2 Å². The summed E-state index contributed by atoms with van der Waals surface area (Å²) in [5.74, 6) is -1.32. The Kier molecular flexibility index (Phi) is 9.10. The summed E-state index contributed by atoms with van der Waals surface area (Å²) in [7, 11) is 0. The van der Waals surface area contributed by atoms with E-state index >= 15 is 0 Å². The van der Waals surface area contributed by atoms with Crippen LogP contribution in [-0.4, -0.2) is 39.3 Å². The van der Waals surface area contributed by atoms with Gasteiger partial charge in [-0.25, -0.2) is 0 Å². The van der Waals surface area contributed by atoms with Crippen molar-refractivity contribution in [1.82, 2.24) is 0 Å². The normalized spacial score (nSPS) is 26.0. The number of carbonyl (C=O) groups excluding carboxylic acids is 1. The first-order valence-corrected chi connectivity index (χ1v) is 8.74. The van der Waals surface area contributed by atoms with Gasteiger partial charge in [-0.15, -0.1) is 0 Å². The van der Waals surface area contributed by atoms with Crippen molar-refractivity contribution in [2.75, 3.05) is 0 Å². The Bertz CT molecular complexity index is 404. The van der Waals surface area contributed by atoms with E-state index in [9.17, 15) is 19.8 Å². The van der Waals surface area contributed by atoms with Gasteiger partial charge in [0.1, 0.15) is 5.78 Å². The molecule has 1 saturated carbocycles. The Morgan fingerprint density at radius 2 is 2.04 bits per heavy atom. The minimum Gasteiger partial charge on any atom is -0.481 e. The van der Waals surface area contributed by atoms with Crippen molar-refractivity contribution in [3.63, 3.8) is 0 Å². The summed E-state index contributed by atoms with van der Waals surface area (Å²) in [6.45, 7) is 2.11. The summed E-state index contributed by atoms with van der Waals surface area (Å²) in [5.41, 5.74) is 0. The average molecular weight is 326 g/mol. The summed E-state index contributed by atoms with van der Waals surface area (Å²) in [5, 5.41) is 28.6. The zero-order chi connectivity index (χ0) is 17.2. The second-order valence-electron chi connectivity index (χ2n) is 6.51. The van der Waals surface area contributed by atoms with Gasteiger partial charge < -0.3 is 15.3 Å². The van der Waals surface area contributed by atoms with Gasteiger partial charge in [0.05, 0.1) is 12.2 Å². The summed E-state index contributed by atoms with van der Waals surface area (Å²) in [6, 6.07) is 0. The topological polar surface area (TPSA) is 94.8 Å². The molecule has 1 aliphatic carbocycles. The molecule has 5 heteroatoms. The standard InChI is InChI=1S/C18H30O5/c1-2-3-4-7-13(19)10-11-15-14(16(20)12-17(15)21)8-5-6-9-18(22)23/h10-11,13-16,19-20H,2-9,12H2,1H3,(H,22,23)/b11-10+/t13-,14+,15-,16-/m1/s1. The van der Waals surface area contributed by atoms with Crippen molar-refractivity contribution < 1.29 is 24.9 Å². The number of Topliss-reactive ketones (excluding diaryl/α,β-unsaturated/α-hetero) is 1. The van der Waals surface area contributed by atoms with E-state index in [0.29, 0.717) is 25.7 Å². The van der Waals surface area contributed by atoms with E-state index in [-0.39, 0.29) is 30.5 Å². The summed E-state index contributed by atoms with van der Waals surface area (Å²) in [6.07, 6.45) is 8.22. The number of carbonyl (C=O) groups is 2. The molecule has 0 bridgehead atoms. The van der Waals surface area contributed by atoms with Crippen molar-refractivity contribution >= 4 is 11.8 Å². The second-order valence-corrected chi connectivity index (χ2v) is 6.51. The lowest BCUT2D eigenvalue weighted by Crippen LogP contribution is -2.19. The summed E-state index contributed by atoms with van der Waals surface area (Å²) >= 11 is 0. The van der Waals surface area contributed by atoms with Crippen LogP contribution in [0.3, 0.4) is 0 Å². The van der Waals surface area contributed by atoms with E-state index in [4.69, 9.17) is 5.11 Å². The van der Waals surface area contributed by atoms with E-state index in [1.807, 2.05) is 0 Å². The minimum absolute atomic E-state index is 0.0118. The Morgan fingerprint density at radius 1 is 1.30 bits per heavy atom. The number of aliphatic hydroxyl groups excluding tert-OH is 2. The van der Waals surface area contributed by atoms with Crippen molar-refractivity contribution in [1.29, 1.82) is 0 Å². The largest absolute Gasteiger partial charge is 0.481 e. The predicted molar refractivity (Wildman–Crippen MR) is 88.0 cm³/mol. The number of carboxylic acid groups (broad SMARTS) is 1. The number of rotatable bonds is 11. The molecule has 23 heavy (non-hydrogen) atoms. The molecule has 0 aromatic rings. The average Bonchev–Trinajstić information content (AvgIpc) is 2.75. The molecule has 0 radical (unpaired) electrons. The van der Waals surface area contributed by atoms with Crippen molar-refractivity contribution in [2.45, 2.75) is 76.9 Å². The first kappa shape index (κ1) is 19.8. The Morgan fingerprint density at radius 3 is 2.70 bits per heavy atom. The third-order valence-electron chi connectivity index (χ3n) is 4.56. The van der Waals surface area contributed by atoms with E-state index in [0.717, 1.165) is 19.3 Å². The quantitative estimate of drug-likeness (QED) is 0.401. The number of aliphatic hydroxyl groups is 2. The van der Waals surface area contributed by atoms with Gasteiger partial charge >= 0.3 is 5.97 Å². The maximum atomic E-state index is 12.0. The summed E-state index contributed by atoms with van der Waals surface area (Å²) in [4.78, 5) is 22.5. The number of carboxylic acids is 1. The van der Waals surface area contributed by atoms with Gasteiger partial charge in [0.25, 0.3) is 0 Å². The van der Waals surface area contributed by atoms with Crippen LogP contribution in [0.2, 0.25) is 0 Å². The molecule has 1 rings (SSSR count). The molecule has 0 spiro atoms. The number of hydrogen-bond acceptors (Lipinski definition) is 4. The van der Waals surface area contributed by atoms with E-state index in [1.165, 1.54) is 0 Å². The second kappa shape index (κ2) is 10.6. The van der Waals surface area contributed by atoms with Crippen LogP contribution in [0.4, 0.5) is 0 Å². The van der Waals surface area contributed by atoms with Crippen LogP contribution in [0.1, 0.15) is 64.7 Å². The van der Waals surface area contributed by atoms with Crippen LogP contribution in [0, 0.1) is 11.8 Å². The smallest absolute Gasteiger partial charge is 0.303 e. The predicted octanol–water partition coefficient (Wildman–Crippen LogP) is 2.69. The summed E-state index contributed by atoms with van der Waals surface area (Å²) < 4.78 is 0. The SMILES string of the molecule is CCCCC[C@@H](O)/C=C/[C@H]1C(=O)C[C@@H](O)[C@H]1CCCCC(=O)O. The lowest BCUT2D eigenvalue weighted by Gasteiger charge is -2.18. The van der Waals surface area contributed by atoms with Crippen molar-refractivity contribution in [2.24, 2.45) is 11.8 Å². The molecule has 5 nitrogen and oxygen atoms in total. The highest BCUT2D eigenvalue weighted by Gasteiger charge is 2.39. The zero-order valence-corrected chi connectivity index (χ0v) is 14.0. The Hall–Kier alpha value is -1.20. The lowest BCUT2D eigenvalue weighted by atomic mass is 9.88. The maximum absolute atomic E-state index is 12.0. The number of hydrogen-bond donors (Lipinski definition) is 3. The maximum Gasteiger partial charge on any atom is 0.303 e. The monoisotopic (exact) mass is 326 g/mol. The fraction of sp³-hybridized carbons (Fsp3) is 0.778. The first-order valence-electron chi connectivity index (χ1n) is 8.74. The minimum atomic E-state index is -0.820. The van der Waals surface area contributed by atoms with Gasteiger partial charge in [0.15, 0.2) is 0 Å². The molecule has 0 aromatic heterocycles. The highest BCUT2D eigenvalue weighted by Crippen LogP contribution is 2.34. The molecule has 0 amide bonds. The molecule has 1 fully saturated rings. The molecular formula is C18H30O5. The molecular weight excluding hydrogens is 296 g/mol. The number of aliphatic carboxylic acids is 1. The molecule has 4 atom stereocenters. The Balaban J connectivity index is 2.48. The van der Waals surface area contributed by atoms with Gasteiger partial charge in [0, 0.05) is 18.8 Å². The lowest BCUT2D eigenvalue weighted by molar-refractivity contribution is -0.137. The van der Waals surface area contributed by atoms with Gasteiger partial charge in [-0.05, 0) is 25.2 Å². The zero-order valence-electron chi connectivity index (χ0n) is 14.0. The van der Waals surface area contributed by atoms with Crippen LogP contribution in [0.25, 0.3) is 0 Å². The molecule has 3 N–H and O–H groups in total. The Labute approximate surface area is 138 Å². The highest BCUT2D eigenvalue weighted by molar-refractivity contribution is 5.85. The van der Waals surface area contributed by atoms with E-state index in [1.54, 1.807) is 12.2 Å². The number of unbranched alkanes of at least 4 members (excludes halogenated alkanes) is 3. The molecule has 0 aromatic carbocycles.